The molecular formula is C25H25N5. The Hall–Kier alpha value is -3.44. The summed E-state index contributed by atoms with van der Waals surface area (Å²) in [7, 11) is 2.18. The highest BCUT2D eigenvalue weighted by Crippen LogP contribution is 2.30. The van der Waals surface area contributed by atoms with Crippen molar-refractivity contribution in [3.8, 4) is 22.4 Å². The van der Waals surface area contributed by atoms with Gasteiger partial charge in [0.2, 0.25) is 0 Å². The number of benzene rings is 2. The number of aromatic nitrogens is 3. The second-order valence-corrected chi connectivity index (χ2v) is 7.86. The molecule has 0 spiro atoms. The highest BCUT2D eigenvalue weighted by atomic mass is 15.2. The number of fused-ring (bicyclic) bond motifs is 1. The first-order chi connectivity index (χ1) is 14.7. The number of piperazine rings is 1. The molecule has 150 valence electrons. The molecule has 2 aromatic heterocycles. The Morgan fingerprint density at radius 3 is 2.30 bits per heavy atom. The fourth-order valence-corrected chi connectivity index (χ4v) is 3.99. The number of hydrogen-bond donors (Lipinski definition) is 1. The van der Waals surface area contributed by atoms with Gasteiger partial charge >= 0.3 is 0 Å². The molecule has 2 aromatic carbocycles. The summed E-state index contributed by atoms with van der Waals surface area (Å²) in [5.41, 5.74) is 7.45. The van der Waals surface area contributed by atoms with Crippen LogP contribution < -0.4 is 4.90 Å². The zero-order valence-electron chi connectivity index (χ0n) is 17.2. The van der Waals surface area contributed by atoms with Gasteiger partial charge in [-0.25, -0.2) is 4.98 Å². The van der Waals surface area contributed by atoms with Gasteiger partial charge in [0.1, 0.15) is 0 Å². The Morgan fingerprint density at radius 2 is 1.60 bits per heavy atom. The number of hydrogen-bond acceptors (Lipinski definition) is 4. The topological polar surface area (TPSA) is 48.1 Å². The van der Waals surface area contributed by atoms with Gasteiger partial charge in [-0.3, -0.25) is 5.10 Å². The van der Waals surface area contributed by atoms with Gasteiger partial charge in [-0.05, 0) is 36.4 Å². The molecule has 1 aliphatic heterocycles. The summed E-state index contributed by atoms with van der Waals surface area (Å²) in [6.45, 7) is 8.19. The van der Waals surface area contributed by atoms with Crippen LogP contribution in [-0.4, -0.2) is 53.3 Å². The van der Waals surface area contributed by atoms with Crippen molar-refractivity contribution in [1.82, 2.24) is 20.1 Å². The number of nitrogens with one attached hydrogen (secondary N) is 1. The van der Waals surface area contributed by atoms with Crippen molar-refractivity contribution in [1.29, 1.82) is 0 Å². The minimum atomic E-state index is 0.732. The fourth-order valence-electron chi connectivity index (χ4n) is 3.99. The second-order valence-electron chi connectivity index (χ2n) is 7.86. The van der Waals surface area contributed by atoms with Crippen molar-refractivity contribution < 1.29 is 0 Å². The molecule has 0 unspecified atom stereocenters. The lowest BCUT2D eigenvalue weighted by Gasteiger charge is -2.34. The Kier molecular flexibility index (Phi) is 4.81. The third kappa shape index (κ3) is 3.48. The van der Waals surface area contributed by atoms with E-state index in [2.05, 4.69) is 93.2 Å². The van der Waals surface area contributed by atoms with E-state index in [9.17, 15) is 0 Å². The fraction of sp³-hybridized carbons (Fsp3) is 0.200. The highest BCUT2D eigenvalue weighted by Gasteiger charge is 2.15. The van der Waals surface area contributed by atoms with E-state index in [4.69, 9.17) is 0 Å². The summed E-state index contributed by atoms with van der Waals surface area (Å²) in [6.07, 6.45) is 3.75. The molecule has 0 bridgehead atoms. The number of rotatable bonds is 4. The summed E-state index contributed by atoms with van der Waals surface area (Å²) >= 11 is 0. The van der Waals surface area contributed by atoms with Gasteiger partial charge in [0.05, 0.1) is 5.69 Å². The molecule has 5 nitrogen and oxygen atoms in total. The van der Waals surface area contributed by atoms with E-state index in [-0.39, 0.29) is 0 Å². The SMILES string of the molecule is C=Cc1ccc(-c2[nH]nc3ncc(-c4ccc(N5CCN(C)CC5)cc4)cc23)cc1. The number of nitrogens with zero attached hydrogens (tertiary/aromatic N) is 4. The van der Waals surface area contributed by atoms with Crippen molar-refractivity contribution in [2.75, 3.05) is 38.1 Å². The van der Waals surface area contributed by atoms with Crippen LogP contribution in [0.4, 0.5) is 5.69 Å². The molecule has 0 saturated carbocycles. The smallest absolute Gasteiger partial charge is 0.181 e. The Bertz CT molecular complexity index is 1170. The van der Waals surface area contributed by atoms with Crippen LogP contribution in [0.1, 0.15) is 5.56 Å². The lowest BCUT2D eigenvalue weighted by Crippen LogP contribution is -2.44. The van der Waals surface area contributed by atoms with Crippen molar-refractivity contribution in [3.63, 3.8) is 0 Å². The molecule has 0 atom stereocenters. The van der Waals surface area contributed by atoms with Crippen LogP contribution in [0.25, 0.3) is 39.5 Å². The van der Waals surface area contributed by atoms with Gasteiger partial charge in [-0.2, -0.15) is 5.10 Å². The molecule has 4 aromatic rings. The third-order valence-electron chi connectivity index (χ3n) is 5.91. The monoisotopic (exact) mass is 395 g/mol. The molecule has 0 radical (unpaired) electrons. The van der Waals surface area contributed by atoms with Crippen LogP contribution in [0.5, 0.6) is 0 Å². The van der Waals surface area contributed by atoms with Crippen molar-refractivity contribution in [2.45, 2.75) is 0 Å². The van der Waals surface area contributed by atoms with Gasteiger partial charge in [-0.15, -0.1) is 0 Å². The van der Waals surface area contributed by atoms with Crippen LogP contribution in [0.15, 0.2) is 67.4 Å². The van der Waals surface area contributed by atoms with Gasteiger partial charge in [-0.1, -0.05) is 49.1 Å². The van der Waals surface area contributed by atoms with Gasteiger partial charge < -0.3 is 9.80 Å². The Labute approximate surface area is 176 Å². The predicted molar refractivity (Wildman–Crippen MR) is 125 cm³/mol. The van der Waals surface area contributed by atoms with Gasteiger partial charge in [0.25, 0.3) is 0 Å². The average Bonchev–Trinajstić information content (AvgIpc) is 3.23. The molecule has 1 aliphatic rings. The first kappa shape index (κ1) is 18.6. The minimum Gasteiger partial charge on any atom is -0.369 e. The number of likely N-dealkylation sites (N-methyl/N-ethyl adjacent to an activating group) is 1. The number of pyridine rings is 1. The van der Waals surface area contributed by atoms with Crippen molar-refractivity contribution in [2.24, 2.45) is 0 Å². The lowest BCUT2D eigenvalue weighted by atomic mass is 10.0. The van der Waals surface area contributed by atoms with E-state index in [1.165, 1.54) is 5.69 Å². The summed E-state index contributed by atoms with van der Waals surface area (Å²) in [6, 6.07) is 19.3. The highest BCUT2D eigenvalue weighted by molar-refractivity contribution is 5.93. The molecule has 30 heavy (non-hydrogen) atoms. The van der Waals surface area contributed by atoms with E-state index < -0.39 is 0 Å². The summed E-state index contributed by atoms with van der Waals surface area (Å²) < 4.78 is 0. The first-order valence-electron chi connectivity index (χ1n) is 10.3. The number of aromatic amines is 1. The molecular weight excluding hydrogens is 370 g/mol. The normalized spacial score (nSPS) is 14.9. The molecule has 1 fully saturated rings. The van der Waals surface area contributed by atoms with E-state index >= 15 is 0 Å². The predicted octanol–water partition coefficient (Wildman–Crippen LogP) is 4.69. The van der Waals surface area contributed by atoms with E-state index in [1.807, 2.05) is 12.3 Å². The van der Waals surface area contributed by atoms with E-state index in [0.717, 1.165) is 65.2 Å². The first-order valence-corrected chi connectivity index (χ1v) is 10.3. The van der Waals surface area contributed by atoms with Crippen molar-refractivity contribution >= 4 is 22.8 Å². The minimum absolute atomic E-state index is 0.732. The van der Waals surface area contributed by atoms with Gasteiger partial charge in [0.15, 0.2) is 5.65 Å². The van der Waals surface area contributed by atoms with Crippen molar-refractivity contribution in [3.05, 3.63) is 72.9 Å². The summed E-state index contributed by atoms with van der Waals surface area (Å²) in [4.78, 5) is 9.41. The molecule has 5 rings (SSSR count). The van der Waals surface area contributed by atoms with E-state index in [1.54, 1.807) is 0 Å². The van der Waals surface area contributed by atoms with Crippen LogP contribution in [0.2, 0.25) is 0 Å². The summed E-state index contributed by atoms with van der Waals surface area (Å²) in [5.74, 6) is 0. The average molecular weight is 396 g/mol. The molecule has 3 heterocycles. The molecule has 5 heteroatoms. The summed E-state index contributed by atoms with van der Waals surface area (Å²) in [5, 5.41) is 8.57. The number of anilines is 1. The van der Waals surface area contributed by atoms with Crippen LogP contribution >= 0.6 is 0 Å². The van der Waals surface area contributed by atoms with Crippen LogP contribution in [-0.2, 0) is 0 Å². The largest absolute Gasteiger partial charge is 0.369 e. The molecule has 0 aliphatic carbocycles. The molecule has 1 N–H and O–H groups in total. The standard InChI is InChI=1S/C25H25N5/c1-3-18-4-6-20(7-5-18)24-23-16-21(17-26-25(23)28-27-24)19-8-10-22(11-9-19)30-14-12-29(2)13-15-30/h3-11,16-17H,1,12-15H2,2H3,(H,26,27,28). The maximum absolute atomic E-state index is 4.58. The van der Waals surface area contributed by atoms with E-state index in [0.29, 0.717) is 0 Å². The molecule has 1 saturated heterocycles. The van der Waals surface area contributed by atoms with Crippen LogP contribution in [0.3, 0.4) is 0 Å². The zero-order valence-corrected chi connectivity index (χ0v) is 17.2. The van der Waals surface area contributed by atoms with Gasteiger partial charge in [0, 0.05) is 54.6 Å². The Morgan fingerprint density at radius 1 is 0.900 bits per heavy atom. The number of H-pyrrole nitrogens is 1. The second kappa shape index (κ2) is 7.76. The Balaban J connectivity index is 1.45. The maximum atomic E-state index is 4.58. The quantitative estimate of drug-likeness (QED) is 0.545. The maximum Gasteiger partial charge on any atom is 0.181 e. The zero-order chi connectivity index (χ0) is 20.5. The lowest BCUT2D eigenvalue weighted by molar-refractivity contribution is 0.313. The third-order valence-corrected chi connectivity index (χ3v) is 5.91. The van der Waals surface area contributed by atoms with Crippen LogP contribution in [0, 0.1) is 0 Å². The molecule has 0 amide bonds.